The fraction of sp³-hybridized carbons (Fsp3) is 0.647. The van der Waals surface area contributed by atoms with Gasteiger partial charge >= 0.3 is 0 Å². The third-order valence-electron chi connectivity index (χ3n) is 3.47. The molecule has 1 aromatic rings. The van der Waals surface area contributed by atoms with Crippen molar-refractivity contribution in [3.8, 4) is 0 Å². The fourth-order valence-corrected chi connectivity index (χ4v) is 2.28. The van der Waals surface area contributed by atoms with Gasteiger partial charge in [-0.25, -0.2) is 4.39 Å². The zero-order valence-corrected chi connectivity index (χ0v) is 12.6. The van der Waals surface area contributed by atoms with Crippen LogP contribution in [0.15, 0.2) is 24.3 Å². The zero-order valence-electron chi connectivity index (χ0n) is 12.6. The van der Waals surface area contributed by atoms with E-state index in [0.29, 0.717) is 6.04 Å². The van der Waals surface area contributed by atoms with Gasteiger partial charge in [-0.2, -0.15) is 0 Å². The molecule has 0 heterocycles. The molecule has 1 atom stereocenters. The van der Waals surface area contributed by atoms with Gasteiger partial charge in [0.25, 0.3) is 0 Å². The molecular formula is C17H28FN. The van der Waals surface area contributed by atoms with Crippen LogP contribution >= 0.6 is 0 Å². The molecule has 0 aliphatic rings. The number of hydrogen-bond donors (Lipinski definition) is 1. The molecule has 1 N–H and O–H groups in total. The Hall–Kier alpha value is -0.890. The van der Waals surface area contributed by atoms with Crippen LogP contribution in [0.3, 0.4) is 0 Å². The molecule has 0 amide bonds. The van der Waals surface area contributed by atoms with Crippen molar-refractivity contribution in [1.82, 2.24) is 5.32 Å². The maximum absolute atomic E-state index is 13.0. The molecule has 1 aromatic carbocycles. The van der Waals surface area contributed by atoms with Crippen LogP contribution in [0.1, 0.15) is 64.5 Å². The van der Waals surface area contributed by atoms with Gasteiger partial charge in [-0.05, 0) is 49.4 Å². The van der Waals surface area contributed by atoms with E-state index in [4.69, 9.17) is 0 Å². The Morgan fingerprint density at radius 2 is 1.74 bits per heavy atom. The van der Waals surface area contributed by atoms with Crippen LogP contribution in [-0.4, -0.2) is 6.54 Å². The summed E-state index contributed by atoms with van der Waals surface area (Å²) in [5.74, 6) is 0.611. The number of hydrogen-bond acceptors (Lipinski definition) is 1. The number of nitrogens with one attached hydrogen (secondary N) is 1. The van der Waals surface area contributed by atoms with Crippen molar-refractivity contribution in [3.05, 3.63) is 35.6 Å². The Labute approximate surface area is 117 Å². The van der Waals surface area contributed by atoms with E-state index < -0.39 is 0 Å². The maximum Gasteiger partial charge on any atom is 0.123 e. The Morgan fingerprint density at radius 3 is 2.32 bits per heavy atom. The van der Waals surface area contributed by atoms with Crippen LogP contribution in [0.2, 0.25) is 0 Å². The minimum atomic E-state index is -0.155. The molecule has 0 aromatic heterocycles. The summed E-state index contributed by atoms with van der Waals surface area (Å²) in [5.41, 5.74) is 1.21. The van der Waals surface area contributed by atoms with Gasteiger partial charge in [0.1, 0.15) is 5.82 Å². The Bertz CT molecular complexity index is 332. The molecule has 0 aliphatic heterocycles. The highest BCUT2D eigenvalue weighted by molar-refractivity contribution is 5.19. The lowest BCUT2D eigenvalue weighted by Crippen LogP contribution is -2.22. The van der Waals surface area contributed by atoms with Gasteiger partial charge < -0.3 is 5.32 Å². The first-order valence-electron chi connectivity index (χ1n) is 7.62. The van der Waals surface area contributed by atoms with Crippen molar-refractivity contribution in [2.75, 3.05) is 6.54 Å². The normalized spacial score (nSPS) is 12.9. The van der Waals surface area contributed by atoms with Crippen LogP contribution in [0.4, 0.5) is 4.39 Å². The predicted molar refractivity (Wildman–Crippen MR) is 80.7 cm³/mol. The number of rotatable bonds is 9. The van der Waals surface area contributed by atoms with Crippen molar-refractivity contribution < 1.29 is 4.39 Å². The second kappa shape index (κ2) is 9.08. The summed E-state index contributed by atoms with van der Waals surface area (Å²) in [7, 11) is 0. The van der Waals surface area contributed by atoms with Crippen LogP contribution < -0.4 is 5.32 Å². The standard InChI is InChI=1S/C17H28FN/c1-4-5-8-17(19-13-6-7-14(2)3)15-9-11-16(18)12-10-15/h9-12,14,17,19H,4-8,13H2,1-3H3. The van der Waals surface area contributed by atoms with Crippen molar-refractivity contribution in [2.45, 2.75) is 58.9 Å². The van der Waals surface area contributed by atoms with Gasteiger partial charge in [0.2, 0.25) is 0 Å². The largest absolute Gasteiger partial charge is 0.310 e. The molecule has 19 heavy (non-hydrogen) atoms. The maximum atomic E-state index is 13.0. The van der Waals surface area contributed by atoms with Crippen molar-refractivity contribution in [2.24, 2.45) is 5.92 Å². The van der Waals surface area contributed by atoms with Crippen molar-refractivity contribution in [3.63, 3.8) is 0 Å². The van der Waals surface area contributed by atoms with E-state index in [-0.39, 0.29) is 5.82 Å². The average Bonchev–Trinajstić information content (AvgIpc) is 2.39. The van der Waals surface area contributed by atoms with E-state index in [9.17, 15) is 4.39 Å². The topological polar surface area (TPSA) is 12.0 Å². The molecule has 108 valence electrons. The lowest BCUT2D eigenvalue weighted by atomic mass is 10.0. The summed E-state index contributed by atoms with van der Waals surface area (Å²) in [4.78, 5) is 0. The van der Waals surface area contributed by atoms with Crippen LogP contribution in [-0.2, 0) is 0 Å². The minimum absolute atomic E-state index is 0.155. The lowest BCUT2D eigenvalue weighted by molar-refractivity contribution is 0.452. The Morgan fingerprint density at radius 1 is 1.05 bits per heavy atom. The molecule has 2 heteroatoms. The highest BCUT2D eigenvalue weighted by Gasteiger charge is 2.10. The third-order valence-corrected chi connectivity index (χ3v) is 3.47. The molecule has 0 aliphatic carbocycles. The summed E-state index contributed by atoms with van der Waals surface area (Å²) in [6, 6.07) is 7.30. The first kappa shape index (κ1) is 16.2. The number of halogens is 1. The Kier molecular flexibility index (Phi) is 7.73. The van der Waals surface area contributed by atoms with Gasteiger partial charge in [-0.15, -0.1) is 0 Å². The van der Waals surface area contributed by atoms with Gasteiger partial charge in [0.05, 0.1) is 0 Å². The van der Waals surface area contributed by atoms with Gasteiger partial charge in [0.15, 0.2) is 0 Å². The molecule has 1 unspecified atom stereocenters. The smallest absolute Gasteiger partial charge is 0.123 e. The zero-order chi connectivity index (χ0) is 14.1. The summed E-state index contributed by atoms with van der Waals surface area (Å²) in [6.45, 7) is 7.77. The molecule has 1 nitrogen and oxygen atoms in total. The molecule has 0 spiro atoms. The molecule has 0 bridgehead atoms. The minimum Gasteiger partial charge on any atom is -0.310 e. The lowest BCUT2D eigenvalue weighted by Gasteiger charge is -2.19. The van der Waals surface area contributed by atoms with Gasteiger partial charge in [-0.3, -0.25) is 0 Å². The average molecular weight is 265 g/mol. The highest BCUT2D eigenvalue weighted by atomic mass is 19.1. The Balaban J connectivity index is 2.48. The second-order valence-corrected chi connectivity index (χ2v) is 5.74. The van der Waals surface area contributed by atoms with E-state index in [2.05, 4.69) is 26.1 Å². The first-order chi connectivity index (χ1) is 9.13. The highest BCUT2D eigenvalue weighted by Crippen LogP contribution is 2.20. The van der Waals surface area contributed by atoms with Crippen molar-refractivity contribution >= 4 is 0 Å². The summed E-state index contributed by atoms with van der Waals surface area (Å²) < 4.78 is 13.0. The number of unbranched alkanes of at least 4 members (excludes halogenated alkanes) is 1. The number of benzene rings is 1. The van der Waals surface area contributed by atoms with Crippen LogP contribution in [0.25, 0.3) is 0 Å². The molecule has 0 fully saturated rings. The predicted octanol–water partition coefficient (Wildman–Crippen LogP) is 5.08. The third kappa shape index (κ3) is 6.72. The molecule has 1 rings (SSSR count). The van der Waals surface area contributed by atoms with E-state index in [0.717, 1.165) is 18.9 Å². The fourth-order valence-electron chi connectivity index (χ4n) is 2.28. The van der Waals surface area contributed by atoms with Gasteiger partial charge in [-0.1, -0.05) is 45.7 Å². The molecule has 0 radical (unpaired) electrons. The van der Waals surface area contributed by atoms with Gasteiger partial charge in [0, 0.05) is 6.04 Å². The summed E-state index contributed by atoms with van der Waals surface area (Å²) in [6.07, 6.45) is 6.01. The van der Waals surface area contributed by atoms with Crippen molar-refractivity contribution in [1.29, 1.82) is 0 Å². The SMILES string of the molecule is CCCCC(NCCCC(C)C)c1ccc(F)cc1. The van der Waals surface area contributed by atoms with E-state index in [1.54, 1.807) is 12.1 Å². The van der Waals surface area contributed by atoms with E-state index >= 15 is 0 Å². The molecule has 0 saturated heterocycles. The van der Waals surface area contributed by atoms with Crippen LogP contribution in [0, 0.1) is 11.7 Å². The van der Waals surface area contributed by atoms with E-state index in [1.165, 1.54) is 31.2 Å². The monoisotopic (exact) mass is 265 g/mol. The molecule has 0 saturated carbocycles. The summed E-state index contributed by atoms with van der Waals surface area (Å²) >= 11 is 0. The molecular weight excluding hydrogens is 237 g/mol. The quantitative estimate of drug-likeness (QED) is 0.614. The van der Waals surface area contributed by atoms with E-state index in [1.807, 2.05) is 12.1 Å². The first-order valence-corrected chi connectivity index (χ1v) is 7.62. The second-order valence-electron chi connectivity index (χ2n) is 5.74. The summed E-state index contributed by atoms with van der Waals surface area (Å²) in [5, 5.41) is 3.62. The van der Waals surface area contributed by atoms with Crippen LogP contribution in [0.5, 0.6) is 0 Å².